The van der Waals surface area contributed by atoms with Gasteiger partial charge in [-0.05, 0) is 48.4 Å². The minimum Gasteiger partial charge on any atom is -0.327 e. The first-order valence-corrected chi connectivity index (χ1v) is 13.7. The van der Waals surface area contributed by atoms with Gasteiger partial charge in [-0.3, -0.25) is 4.79 Å². The van der Waals surface area contributed by atoms with Gasteiger partial charge in [0.05, 0.1) is 0 Å². The van der Waals surface area contributed by atoms with Gasteiger partial charge in [0.1, 0.15) is 6.33 Å². The van der Waals surface area contributed by atoms with E-state index in [4.69, 9.17) is 0 Å². The molecule has 36 heavy (non-hydrogen) atoms. The lowest BCUT2D eigenvalue weighted by Crippen LogP contribution is -2.20. The van der Waals surface area contributed by atoms with Crippen molar-refractivity contribution in [3.63, 3.8) is 0 Å². The summed E-state index contributed by atoms with van der Waals surface area (Å²) < 4.78 is 2.15. The van der Waals surface area contributed by atoms with Gasteiger partial charge in [-0.15, -0.1) is 0 Å². The Morgan fingerprint density at radius 1 is 0.861 bits per heavy atom. The normalized spacial score (nSPS) is 11.1. The third-order valence-corrected chi connectivity index (χ3v) is 7.38. The fourth-order valence-electron chi connectivity index (χ4n) is 4.24. The summed E-state index contributed by atoms with van der Waals surface area (Å²) in [5.74, 6) is 0.770. The largest absolute Gasteiger partial charge is 0.327 e. The van der Waals surface area contributed by atoms with Crippen molar-refractivity contribution in [3.8, 4) is 0 Å². The summed E-state index contributed by atoms with van der Waals surface area (Å²) in [7, 11) is 0. The maximum absolute atomic E-state index is 12.9. The van der Waals surface area contributed by atoms with Gasteiger partial charge in [-0.2, -0.15) is 4.98 Å². The molecule has 5 nitrogen and oxygen atoms in total. The smallest absolute Gasteiger partial charge is 0.277 e. The summed E-state index contributed by atoms with van der Waals surface area (Å²) in [4.78, 5) is 25.7. The number of thioether (sulfide) groups is 1. The van der Waals surface area contributed by atoms with Crippen LogP contribution in [0, 0.1) is 6.92 Å². The molecule has 2 aromatic carbocycles. The Hall–Kier alpha value is -3.25. The average Bonchev–Trinajstić information content (AvgIpc) is 2.90. The second kappa shape index (κ2) is 13.2. The van der Waals surface area contributed by atoms with Crippen molar-refractivity contribution in [2.75, 3.05) is 0 Å². The molecule has 0 aliphatic heterocycles. The van der Waals surface area contributed by atoms with E-state index in [0.29, 0.717) is 12.0 Å². The highest BCUT2D eigenvalue weighted by atomic mass is 32.2. The first-order valence-electron chi connectivity index (χ1n) is 12.7. The SMILES string of the molecule is CCCCCc1ccccc1CCn1cc(Cc2cncnc2)c(=O)nc1SCc1ccc(C)cc1. The minimum absolute atomic E-state index is 0.179. The van der Waals surface area contributed by atoms with E-state index >= 15 is 0 Å². The Labute approximate surface area is 218 Å². The predicted molar refractivity (Wildman–Crippen MR) is 147 cm³/mol. The Kier molecular flexibility index (Phi) is 9.45. The molecular formula is C30H34N4OS. The van der Waals surface area contributed by atoms with E-state index in [1.807, 2.05) is 6.20 Å². The summed E-state index contributed by atoms with van der Waals surface area (Å²) in [6, 6.07) is 17.3. The molecule has 4 rings (SSSR count). The van der Waals surface area contributed by atoms with Crippen LogP contribution in [0.15, 0.2) is 83.4 Å². The summed E-state index contributed by atoms with van der Waals surface area (Å²) in [5.41, 5.74) is 6.66. The molecule has 6 heteroatoms. The van der Waals surface area contributed by atoms with Crippen LogP contribution in [-0.2, 0) is 31.6 Å². The summed E-state index contributed by atoms with van der Waals surface area (Å²) in [6.45, 7) is 5.10. The topological polar surface area (TPSA) is 60.7 Å². The van der Waals surface area contributed by atoms with Crippen LogP contribution in [0.25, 0.3) is 0 Å². The number of hydrogen-bond acceptors (Lipinski definition) is 5. The van der Waals surface area contributed by atoms with Gasteiger partial charge in [-0.25, -0.2) is 9.97 Å². The first kappa shape index (κ1) is 25.8. The third kappa shape index (κ3) is 7.37. The molecule has 0 N–H and O–H groups in total. The molecule has 2 heterocycles. The van der Waals surface area contributed by atoms with Crippen LogP contribution < -0.4 is 5.56 Å². The Bertz CT molecular complexity index is 1300. The van der Waals surface area contributed by atoms with Crippen LogP contribution in [0.2, 0.25) is 0 Å². The van der Waals surface area contributed by atoms with E-state index in [0.717, 1.165) is 35.9 Å². The fourth-order valence-corrected chi connectivity index (χ4v) is 5.19. The van der Waals surface area contributed by atoms with Gasteiger partial charge in [0.15, 0.2) is 5.16 Å². The van der Waals surface area contributed by atoms with Gasteiger partial charge in [0.2, 0.25) is 0 Å². The van der Waals surface area contributed by atoms with Gasteiger partial charge >= 0.3 is 0 Å². The Morgan fingerprint density at radius 2 is 1.58 bits per heavy atom. The number of nitrogens with zero attached hydrogens (tertiary/aromatic N) is 4. The van der Waals surface area contributed by atoms with Crippen molar-refractivity contribution in [2.24, 2.45) is 0 Å². The molecule has 2 aromatic heterocycles. The molecule has 186 valence electrons. The first-order chi connectivity index (χ1) is 17.6. The van der Waals surface area contributed by atoms with E-state index in [1.54, 1.807) is 24.2 Å². The summed E-state index contributed by atoms with van der Waals surface area (Å²) in [5, 5.41) is 0.761. The zero-order valence-corrected chi connectivity index (χ0v) is 22.0. The lowest BCUT2D eigenvalue weighted by atomic mass is 9.99. The van der Waals surface area contributed by atoms with Crippen LogP contribution in [0.3, 0.4) is 0 Å². The predicted octanol–water partition coefficient (Wildman–Crippen LogP) is 6.20. The molecule has 0 bridgehead atoms. The van der Waals surface area contributed by atoms with Crippen molar-refractivity contribution in [1.29, 1.82) is 0 Å². The van der Waals surface area contributed by atoms with Crippen molar-refractivity contribution in [2.45, 2.75) is 69.8 Å². The zero-order chi connectivity index (χ0) is 25.2. The maximum atomic E-state index is 12.9. The fraction of sp³-hybridized carbons (Fsp3) is 0.333. The van der Waals surface area contributed by atoms with E-state index in [9.17, 15) is 4.79 Å². The van der Waals surface area contributed by atoms with Gasteiger partial charge in [0.25, 0.3) is 5.56 Å². The Morgan fingerprint density at radius 3 is 2.31 bits per heavy atom. The second-order valence-electron chi connectivity index (χ2n) is 9.22. The van der Waals surface area contributed by atoms with Crippen molar-refractivity contribution in [3.05, 3.63) is 117 Å². The van der Waals surface area contributed by atoms with Gasteiger partial charge < -0.3 is 4.57 Å². The molecule has 0 aliphatic carbocycles. The molecular weight excluding hydrogens is 464 g/mol. The molecule has 0 amide bonds. The molecule has 0 spiro atoms. The molecule has 0 aliphatic rings. The number of hydrogen-bond donors (Lipinski definition) is 0. The quantitative estimate of drug-likeness (QED) is 0.132. The summed E-state index contributed by atoms with van der Waals surface area (Å²) in [6.07, 6.45) is 13.2. The van der Waals surface area contributed by atoms with Crippen molar-refractivity contribution in [1.82, 2.24) is 19.5 Å². The average molecular weight is 499 g/mol. The number of aromatic nitrogens is 4. The Balaban J connectivity index is 1.57. The number of rotatable bonds is 12. The lowest BCUT2D eigenvalue weighted by molar-refractivity contribution is 0.592. The molecule has 0 fully saturated rings. The number of aryl methyl sites for hydroxylation is 4. The molecule has 0 radical (unpaired) electrons. The number of benzene rings is 2. The third-order valence-electron chi connectivity index (χ3n) is 6.32. The van der Waals surface area contributed by atoms with Crippen LogP contribution in [0.1, 0.15) is 59.6 Å². The number of unbranched alkanes of at least 4 members (excludes halogenated alkanes) is 2. The molecule has 0 unspecified atom stereocenters. The van der Waals surface area contributed by atoms with Gasteiger partial charge in [0, 0.05) is 42.9 Å². The molecule has 0 saturated heterocycles. The van der Waals surface area contributed by atoms with Crippen molar-refractivity contribution >= 4 is 11.8 Å². The zero-order valence-electron chi connectivity index (χ0n) is 21.2. The molecule has 0 atom stereocenters. The maximum Gasteiger partial charge on any atom is 0.277 e. The molecule has 0 saturated carbocycles. The van der Waals surface area contributed by atoms with E-state index in [1.165, 1.54) is 47.8 Å². The summed E-state index contributed by atoms with van der Waals surface area (Å²) >= 11 is 1.62. The van der Waals surface area contributed by atoms with E-state index in [-0.39, 0.29) is 5.56 Å². The van der Waals surface area contributed by atoms with Crippen LogP contribution in [0.5, 0.6) is 0 Å². The minimum atomic E-state index is -0.179. The van der Waals surface area contributed by atoms with Gasteiger partial charge in [-0.1, -0.05) is 85.6 Å². The van der Waals surface area contributed by atoms with Crippen molar-refractivity contribution < 1.29 is 0 Å². The van der Waals surface area contributed by atoms with E-state index < -0.39 is 0 Å². The highest BCUT2D eigenvalue weighted by Crippen LogP contribution is 2.22. The van der Waals surface area contributed by atoms with Crippen LogP contribution in [-0.4, -0.2) is 19.5 Å². The molecule has 4 aromatic rings. The van der Waals surface area contributed by atoms with E-state index in [2.05, 4.69) is 81.9 Å². The monoisotopic (exact) mass is 498 g/mol. The highest BCUT2D eigenvalue weighted by Gasteiger charge is 2.12. The van der Waals surface area contributed by atoms with Crippen LogP contribution >= 0.6 is 11.8 Å². The van der Waals surface area contributed by atoms with Crippen LogP contribution in [0.4, 0.5) is 0 Å². The lowest BCUT2D eigenvalue weighted by Gasteiger charge is -2.16. The second-order valence-corrected chi connectivity index (χ2v) is 10.2. The standard InChI is InChI=1S/C30H34N4OS/c1-3-4-5-8-26-9-6-7-10-27(26)15-16-34-20-28(17-25-18-31-22-32-19-25)29(35)33-30(34)36-21-24-13-11-23(2)12-14-24/h6-7,9-14,18-20,22H,3-5,8,15-17,21H2,1-2H3. The highest BCUT2D eigenvalue weighted by molar-refractivity contribution is 7.98.